The Kier molecular flexibility index (Phi) is 7.19. The van der Waals surface area contributed by atoms with Gasteiger partial charge in [-0.05, 0) is 99.4 Å². The Morgan fingerprint density at radius 2 is 1.57 bits per heavy atom. The van der Waals surface area contributed by atoms with Crippen molar-refractivity contribution in [2.24, 2.45) is 5.41 Å². The minimum Gasteiger partial charge on any atom is -0.372 e. The highest BCUT2D eigenvalue weighted by molar-refractivity contribution is 5.85. The van der Waals surface area contributed by atoms with Crippen LogP contribution in [0.1, 0.15) is 82.6 Å². The normalized spacial score (nSPS) is 24.3. The second-order valence-electron chi connectivity index (χ2n) is 10.4. The molecule has 0 radical (unpaired) electrons. The molecule has 2 aliphatic heterocycles. The van der Waals surface area contributed by atoms with Crippen LogP contribution >= 0.6 is 12.4 Å². The number of piperazine rings is 1. The van der Waals surface area contributed by atoms with E-state index in [2.05, 4.69) is 39.8 Å². The van der Waals surface area contributed by atoms with Gasteiger partial charge in [-0.1, -0.05) is 13.3 Å². The molecular formula is C26H42ClN3. The molecule has 1 spiro atoms. The second-order valence-corrected chi connectivity index (χ2v) is 10.4. The molecule has 0 atom stereocenters. The molecule has 0 bridgehead atoms. The molecule has 0 N–H and O–H groups in total. The Bertz CT molecular complexity index is 678. The summed E-state index contributed by atoms with van der Waals surface area (Å²) in [4.78, 5) is 8.02. The Morgan fingerprint density at radius 3 is 2.20 bits per heavy atom. The summed E-state index contributed by atoms with van der Waals surface area (Å²) >= 11 is 0. The van der Waals surface area contributed by atoms with Gasteiger partial charge in [0, 0.05) is 50.6 Å². The smallest absolute Gasteiger partial charge is 0.0404 e. The van der Waals surface area contributed by atoms with Gasteiger partial charge in [0.15, 0.2) is 0 Å². The van der Waals surface area contributed by atoms with Gasteiger partial charge in [-0.15, -0.1) is 12.4 Å². The lowest BCUT2D eigenvalue weighted by molar-refractivity contribution is 0.253. The first-order valence-electron chi connectivity index (χ1n) is 12.6. The first-order valence-corrected chi connectivity index (χ1v) is 12.6. The van der Waals surface area contributed by atoms with Crippen LogP contribution in [0.4, 0.5) is 11.4 Å². The van der Waals surface area contributed by atoms with Gasteiger partial charge in [0.2, 0.25) is 0 Å². The zero-order chi connectivity index (χ0) is 19.7. The fraction of sp³-hybridized carbons (Fsp3) is 0.769. The van der Waals surface area contributed by atoms with E-state index in [-0.39, 0.29) is 12.4 Å². The number of anilines is 2. The lowest BCUT2D eigenvalue weighted by atomic mass is 9.76. The van der Waals surface area contributed by atoms with Gasteiger partial charge in [0.1, 0.15) is 0 Å². The maximum Gasteiger partial charge on any atom is 0.0404 e. The van der Waals surface area contributed by atoms with Crippen molar-refractivity contribution in [3.8, 4) is 0 Å². The third kappa shape index (κ3) is 4.78. The van der Waals surface area contributed by atoms with Crippen LogP contribution < -0.4 is 9.80 Å². The van der Waals surface area contributed by atoms with Gasteiger partial charge >= 0.3 is 0 Å². The summed E-state index contributed by atoms with van der Waals surface area (Å²) in [6, 6.07) is 7.53. The number of hydrogen-bond acceptors (Lipinski definition) is 3. The maximum atomic E-state index is 2.72. The van der Waals surface area contributed by atoms with Crippen LogP contribution in [0.2, 0.25) is 0 Å². The molecule has 30 heavy (non-hydrogen) atoms. The molecule has 2 aliphatic carbocycles. The molecular weight excluding hydrogens is 390 g/mol. The lowest BCUT2D eigenvalue weighted by Crippen LogP contribution is -2.47. The Hall–Kier alpha value is -0.930. The van der Waals surface area contributed by atoms with Gasteiger partial charge in [0.25, 0.3) is 0 Å². The summed E-state index contributed by atoms with van der Waals surface area (Å²) in [5, 5.41) is 0. The van der Waals surface area contributed by atoms with Crippen LogP contribution in [0, 0.1) is 5.41 Å². The number of halogens is 1. The number of benzene rings is 1. The average Bonchev–Trinajstić information content (AvgIpc) is 3.29. The number of nitrogens with zero attached hydrogens (tertiary/aromatic N) is 3. The molecule has 168 valence electrons. The molecule has 4 aliphatic rings. The lowest BCUT2D eigenvalue weighted by Gasteiger charge is -2.39. The summed E-state index contributed by atoms with van der Waals surface area (Å²) in [6.45, 7) is 11.0. The number of unbranched alkanes of at least 4 members (excludes halogenated alkanes) is 1. The molecule has 0 amide bonds. The van der Waals surface area contributed by atoms with Crippen molar-refractivity contribution in [2.45, 2.75) is 77.0 Å². The third-order valence-corrected chi connectivity index (χ3v) is 8.47. The topological polar surface area (TPSA) is 9.72 Å². The van der Waals surface area contributed by atoms with E-state index in [1.54, 1.807) is 11.3 Å². The SMILES string of the molecule is CCCCN1CCN(c2ccc(N3CCCC3)cc2C2CCC3(CC2)CC3)CC1.Cl. The van der Waals surface area contributed by atoms with E-state index >= 15 is 0 Å². The van der Waals surface area contributed by atoms with E-state index in [0.717, 1.165) is 11.3 Å². The average molecular weight is 432 g/mol. The van der Waals surface area contributed by atoms with Crippen LogP contribution in [0.5, 0.6) is 0 Å². The van der Waals surface area contributed by atoms with Crippen LogP contribution in [-0.2, 0) is 0 Å². The zero-order valence-electron chi connectivity index (χ0n) is 19.1. The quantitative estimate of drug-likeness (QED) is 0.541. The van der Waals surface area contributed by atoms with Gasteiger partial charge in [-0.2, -0.15) is 0 Å². The van der Waals surface area contributed by atoms with Crippen molar-refractivity contribution in [2.75, 3.05) is 55.6 Å². The van der Waals surface area contributed by atoms with Crippen molar-refractivity contribution < 1.29 is 0 Å². The van der Waals surface area contributed by atoms with E-state index in [9.17, 15) is 0 Å². The summed E-state index contributed by atoms with van der Waals surface area (Å²) in [6.07, 6.45) is 14.2. The highest BCUT2D eigenvalue weighted by atomic mass is 35.5. The molecule has 2 heterocycles. The predicted molar refractivity (Wildman–Crippen MR) is 132 cm³/mol. The Labute approximate surface area is 190 Å². The molecule has 0 aromatic heterocycles. The van der Waals surface area contributed by atoms with Gasteiger partial charge in [-0.3, -0.25) is 4.90 Å². The molecule has 2 saturated heterocycles. The zero-order valence-corrected chi connectivity index (χ0v) is 19.9. The van der Waals surface area contributed by atoms with Crippen LogP contribution in [0.3, 0.4) is 0 Å². The van der Waals surface area contributed by atoms with Gasteiger partial charge in [0.05, 0.1) is 0 Å². The van der Waals surface area contributed by atoms with E-state index < -0.39 is 0 Å². The van der Waals surface area contributed by atoms with Crippen LogP contribution in [-0.4, -0.2) is 50.7 Å². The number of hydrogen-bond donors (Lipinski definition) is 0. The first kappa shape index (κ1) is 22.3. The molecule has 2 saturated carbocycles. The number of rotatable bonds is 6. The minimum atomic E-state index is 0. The first-order chi connectivity index (χ1) is 14.3. The highest BCUT2D eigenvalue weighted by Crippen LogP contribution is 2.59. The standard InChI is InChI=1S/C26H41N3.ClH/c1-2-3-14-27-17-19-29(20-18-27)25-7-6-23(28-15-4-5-16-28)21-24(25)22-8-10-26(11-9-22)12-13-26;/h6-7,21-22H,2-5,8-20H2,1H3;1H. The summed E-state index contributed by atoms with van der Waals surface area (Å²) in [5.74, 6) is 0.789. The third-order valence-electron chi connectivity index (χ3n) is 8.47. The Morgan fingerprint density at radius 1 is 0.867 bits per heavy atom. The van der Waals surface area contributed by atoms with Crippen molar-refractivity contribution in [3.05, 3.63) is 23.8 Å². The van der Waals surface area contributed by atoms with Crippen LogP contribution in [0.15, 0.2) is 18.2 Å². The predicted octanol–water partition coefficient (Wildman–Crippen LogP) is 6.07. The molecule has 1 aromatic rings. The molecule has 5 rings (SSSR count). The van der Waals surface area contributed by atoms with Crippen LogP contribution in [0.25, 0.3) is 0 Å². The largest absolute Gasteiger partial charge is 0.372 e. The molecule has 3 nitrogen and oxygen atoms in total. The maximum absolute atomic E-state index is 2.72. The molecule has 0 unspecified atom stereocenters. The summed E-state index contributed by atoms with van der Waals surface area (Å²) < 4.78 is 0. The summed E-state index contributed by atoms with van der Waals surface area (Å²) in [5.41, 5.74) is 5.54. The highest BCUT2D eigenvalue weighted by Gasteiger charge is 2.45. The van der Waals surface area contributed by atoms with Gasteiger partial charge < -0.3 is 9.80 Å². The minimum absolute atomic E-state index is 0. The summed E-state index contributed by atoms with van der Waals surface area (Å²) in [7, 11) is 0. The fourth-order valence-electron chi connectivity index (χ4n) is 6.14. The van der Waals surface area contributed by atoms with E-state index in [1.165, 1.54) is 116 Å². The fourth-order valence-corrected chi connectivity index (χ4v) is 6.14. The van der Waals surface area contributed by atoms with E-state index in [0.29, 0.717) is 0 Å². The van der Waals surface area contributed by atoms with Crippen molar-refractivity contribution >= 4 is 23.8 Å². The van der Waals surface area contributed by atoms with Crippen molar-refractivity contribution in [3.63, 3.8) is 0 Å². The Balaban J connectivity index is 0.00000218. The second kappa shape index (κ2) is 9.69. The van der Waals surface area contributed by atoms with E-state index in [4.69, 9.17) is 0 Å². The van der Waals surface area contributed by atoms with Crippen molar-refractivity contribution in [1.29, 1.82) is 0 Å². The molecule has 4 fully saturated rings. The van der Waals surface area contributed by atoms with E-state index in [1.807, 2.05) is 0 Å². The van der Waals surface area contributed by atoms with Gasteiger partial charge in [-0.25, -0.2) is 0 Å². The van der Waals surface area contributed by atoms with Crippen molar-refractivity contribution in [1.82, 2.24) is 4.90 Å². The molecule has 1 aromatic carbocycles. The molecule has 4 heteroatoms. The monoisotopic (exact) mass is 431 g/mol.